The molecule has 1 aromatic heterocycles. The van der Waals surface area contributed by atoms with Crippen molar-refractivity contribution < 1.29 is 8.42 Å². The highest BCUT2D eigenvalue weighted by Gasteiger charge is 2.18. The van der Waals surface area contributed by atoms with Crippen LogP contribution in [0.2, 0.25) is 5.02 Å². The molecule has 30 heavy (non-hydrogen) atoms. The van der Waals surface area contributed by atoms with Gasteiger partial charge in [-0.05, 0) is 54.1 Å². The van der Waals surface area contributed by atoms with Crippen molar-refractivity contribution in [3.8, 4) is 17.1 Å². The Bertz CT molecular complexity index is 1270. The molecule has 2 N–H and O–H groups in total. The second kappa shape index (κ2) is 8.07. The number of nitrogens with zero attached hydrogens (tertiary/aromatic N) is 2. The molecule has 1 heterocycles. The number of sulfonamides is 1. The highest BCUT2D eigenvalue weighted by atomic mass is 35.5. The Balaban J connectivity index is 1.83. The molecule has 0 radical (unpaired) electrons. The molecule has 5 nitrogen and oxygen atoms in total. The lowest BCUT2D eigenvalue weighted by molar-refractivity contribution is 0.598. The van der Waals surface area contributed by atoms with Crippen molar-refractivity contribution in [3.63, 3.8) is 0 Å². The van der Waals surface area contributed by atoms with E-state index in [2.05, 4.69) is 19.1 Å². The number of halogens is 1. The van der Waals surface area contributed by atoms with Crippen molar-refractivity contribution in [3.05, 3.63) is 101 Å². The van der Waals surface area contributed by atoms with Gasteiger partial charge in [0.15, 0.2) is 0 Å². The van der Waals surface area contributed by atoms with Gasteiger partial charge in [0.25, 0.3) is 0 Å². The van der Waals surface area contributed by atoms with E-state index in [0.717, 1.165) is 28.3 Å². The van der Waals surface area contributed by atoms with Crippen LogP contribution in [0.4, 0.5) is 0 Å². The molecule has 0 fully saturated rings. The molecule has 0 bridgehead atoms. The number of hydrogen-bond donors (Lipinski definition) is 1. The average Bonchev–Trinajstić information content (AvgIpc) is 3.19. The first kappa shape index (κ1) is 20.3. The van der Waals surface area contributed by atoms with Crippen LogP contribution in [-0.2, 0) is 10.0 Å². The molecule has 152 valence electrons. The molecule has 3 aromatic carbocycles. The van der Waals surface area contributed by atoms with Gasteiger partial charge in [-0.15, -0.1) is 0 Å². The number of primary sulfonamides is 1. The Morgan fingerprint density at radius 1 is 0.933 bits per heavy atom. The fourth-order valence-corrected chi connectivity index (χ4v) is 3.96. The molecule has 1 unspecified atom stereocenters. The monoisotopic (exact) mass is 437 g/mol. The van der Waals surface area contributed by atoms with Gasteiger partial charge in [-0.25, -0.2) is 18.5 Å². The Morgan fingerprint density at radius 2 is 1.57 bits per heavy atom. The van der Waals surface area contributed by atoms with Gasteiger partial charge in [0.05, 0.1) is 10.6 Å². The first-order valence-electron chi connectivity index (χ1n) is 9.36. The maximum absolute atomic E-state index is 11.6. The Hall–Kier alpha value is -2.93. The zero-order valence-corrected chi connectivity index (χ0v) is 17.8. The lowest BCUT2D eigenvalue weighted by Gasteiger charge is -2.09. The van der Waals surface area contributed by atoms with Crippen LogP contribution < -0.4 is 5.14 Å². The first-order valence-corrected chi connectivity index (χ1v) is 11.3. The lowest BCUT2D eigenvalue weighted by Crippen LogP contribution is -2.12. The second-order valence-corrected chi connectivity index (χ2v) is 9.04. The van der Waals surface area contributed by atoms with Crippen LogP contribution in [0, 0.1) is 0 Å². The topological polar surface area (TPSA) is 78.0 Å². The summed E-state index contributed by atoms with van der Waals surface area (Å²) in [5.74, 6) is 0.829. The third-order valence-corrected chi connectivity index (χ3v) is 6.19. The van der Waals surface area contributed by atoms with Crippen molar-refractivity contribution in [1.82, 2.24) is 9.55 Å². The van der Waals surface area contributed by atoms with Crippen LogP contribution in [0.15, 0.2) is 90.0 Å². The zero-order chi connectivity index (χ0) is 21.3. The second-order valence-electron chi connectivity index (χ2n) is 7.04. The number of nitrogens with two attached hydrogens (primary N) is 1. The molecule has 1 atom stereocenters. The first-order chi connectivity index (χ1) is 14.3. The summed E-state index contributed by atoms with van der Waals surface area (Å²) >= 11 is 6.06. The SMILES string of the molecule is CC(c1ccccc1)c1cn(-c2ccc(S(N)(=O)=O)cc2)c(-c2ccc(Cl)cc2)n1. The summed E-state index contributed by atoms with van der Waals surface area (Å²) in [5.41, 5.74) is 3.75. The van der Waals surface area contributed by atoms with E-state index in [4.69, 9.17) is 21.7 Å². The highest BCUT2D eigenvalue weighted by Crippen LogP contribution is 2.30. The van der Waals surface area contributed by atoms with Gasteiger partial charge in [-0.3, -0.25) is 4.57 Å². The van der Waals surface area contributed by atoms with E-state index in [1.54, 1.807) is 12.1 Å². The van der Waals surface area contributed by atoms with E-state index in [0.29, 0.717) is 5.02 Å². The molecule has 0 aliphatic heterocycles. The summed E-state index contributed by atoms with van der Waals surface area (Å²) < 4.78 is 25.1. The molecule has 0 saturated heterocycles. The largest absolute Gasteiger partial charge is 0.299 e. The van der Waals surface area contributed by atoms with Gasteiger partial charge >= 0.3 is 0 Å². The fourth-order valence-electron chi connectivity index (χ4n) is 3.32. The summed E-state index contributed by atoms with van der Waals surface area (Å²) in [6, 6.07) is 24.1. The van der Waals surface area contributed by atoms with Gasteiger partial charge in [0.2, 0.25) is 10.0 Å². The minimum absolute atomic E-state index is 0.0669. The van der Waals surface area contributed by atoms with Gasteiger partial charge in [0.1, 0.15) is 5.82 Å². The van der Waals surface area contributed by atoms with E-state index < -0.39 is 10.0 Å². The molecular formula is C23H20ClN3O2S. The summed E-state index contributed by atoms with van der Waals surface area (Å²) in [7, 11) is -3.75. The van der Waals surface area contributed by atoms with E-state index in [-0.39, 0.29) is 10.8 Å². The smallest absolute Gasteiger partial charge is 0.238 e. The minimum Gasteiger partial charge on any atom is -0.299 e. The maximum Gasteiger partial charge on any atom is 0.238 e. The average molecular weight is 438 g/mol. The molecule has 0 aliphatic carbocycles. The number of hydrogen-bond acceptors (Lipinski definition) is 3. The van der Waals surface area contributed by atoms with E-state index in [9.17, 15) is 8.42 Å². The molecule has 0 aliphatic rings. The van der Waals surface area contributed by atoms with Crippen LogP contribution in [0.1, 0.15) is 24.1 Å². The number of rotatable bonds is 5. The minimum atomic E-state index is -3.75. The van der Waals surface area contributed by atoms with E-state index in [1.165, 1.54) is 12.1 Å². The van der Waals surface area contributed by atoms with E-state index >= 15 is 0 Å². The number of aromatic nitrogens is 2. The van der Waals surface area contributed by atoms with Gasteiger partial charge in [0, 0.05) is 28.4 Å². The molecule has 7 heteroatoms. The maximum atomic E-state index is 11.6. The third kappa shape index (κ3) is 4.16. The number of imidazole rings is 1. The summed E-state index contributed by atoms with van der Waals surface area (Å²) in [4.78, 5) is 4.98. The van der Waals surface area contributed by atoms with Crippen LogP contribution in [0.25, 0.3) is 17.1 Å². The van der Waals surface area contributed by atoms with Crippen molar-refractivity contribution in [2.45, 2.75) is 17.7 Å². The lowest BCUT2D eigenvalue weighted by atomic mass is 9.99. The molecule has 0 spiro atoms. The predicted octanol–water partition coefficient (Wildman–Crippen LogP) is 4.99. The van der Waals surface area contributed by atoms with Crippen molar-refractivity contribution in [1.29, 1.82) is 0 Å². The molecule has 0 amide bonds. The zero-order valence-electron chi connectivity index (χ0n) is 16.2. The number of benzene rings is 3. The predicted molar refractivity (Wildman–Crippen MR) is 119 cm³/mol. The third-order valence-electron chi connectivity index (χ3n) is 5.01. The van der Waals surface area contributed by atoms with Crippen LogP contribution in [-0.4, -0.2) is 18.0 Å². The summed E-state index contributed by atoms with van der Waals surface area (Å²) in [5, 5.41) is 5.88. The van der Waals surface area contributed by atoms with Gasteiger partial charge in [-0.2, -0.15) is 0 Å². The van der Waals surface area contributed by atoms with Gasteiger partial charge in [-0.1, -0.05) is 48.9 Å². The summed E-state index contributed by atoms with van der Waals surface area (Å²) in [6.45, 7) is 2.11. The van der Waals surface area contributed by atoms with Crippen molar-refractivity contribution >= 4 is 21.6 Å². The molecule has 0 saturated carbocycles. The normalized spacial score (nSPS) is 12.6. The van der Waals surface area contributed by atoms with E-state index in [1.807, 2.05) is 53.2 Å². The van der Waals surface area contributed by atoms with Crippen LogP contribution in [0.3, 0.4) is 0 Å². The van der Waals surface area contributed by atoms with Gasteiger partial charge < -0.3 is 0 Å². The Morgan fingerprint density at radius 3 is 2.17 bits per heavy atom. The molecular weight excluding hydrogens is 418 g/mol. The Kier molecular flexibility index (Phi) is 5.47. The fraction of sp³-hybridized carbons (Fsp3) is 0.0870. The van der Waals surface area contributed by atoms with Crippen molar-refractivity contribution in [2.75, 3.05) is 0 Å². The highest BCUT2D eigenvalue weighted by molar-refractivity contribution is 7.89. The standard InChI is InChI=1S/C23H20ClN3O2S/c1-16(17-5-3-2-4-6-17)22-15-27(20-11-13-21(14-12-20)30(25,28)29)23(26-22)18-7-9-19(24)10-8-18/h2-16H,1H3,(H2,25,28,29). The van der Waals surface area contributed by atoms with Crippen LogP contribution in [0.5, 0.6) is 0 Å². The summed E-state index contributed by atoms with van der Waals surface area (Å²) in [6.07, 6.45) is 1.98. The molecule has 4 aromatic rings. The molecule has 4 rings (SSSR count). The van der Waals surface area contributed by atoms with Crippen LogP contribution >= 0.6 is 11.6 Å². The van der Waals surface area contributed by atoms with Crippen molar-refractivity contribution in [2.24, 2.45) is 5.14 Å². The quantitative estimate of drug-likeness (QED) is 0.477. The Labute approximate surface area is 180 Å².